The number of rotatable bonds is 7. The van der Waals surface area contributed by atoms with E-state index in [1.54, 1.807) is 18.2 Å². The monoisotopic (exact) mass is 294 g/mol. The summed E-state index contributed by atoms with van der Waals surface area (Å²) in [4.78, 5) is 25.5. The molecule has 0 spiro atoms. The van der Waals surface area contributed by atoms with Gasteiger partial charge in [0.05, 0.1) is 20.8 Å². The van der Waals surface area contributed by atoms with E-state index in [1.165, 1.54) is 19.1 Å². The number of benzene rings is 1. The molecular formula is C15H22N2O4. The van der Waals surface area contributed by atoms with Crippen LogP contribution in [0.15, 0.2) is 18.2 Å². The maximum absolute atomic E-state index is 12.4. The van der Waals surface area contributed by atoms with Crippen molar-refractivity contribution < 1.29 is 19.1 Å². The molecule has 116 valence electrons. The number of hydrogen-bond donors (Lipinski definition) is 1. The molecule has 1 aromatic carbocycles. The summed E-state index contributed by atoms with van der Waals surface area (Å²) in [6.45, 7) is 4.70. The minimum absolute atomic E-state index is 0.0392. The molecule has 0 radical (unpaired) electrons. The summed E-state index contributed by atoms with van der Waals surface area (Å²) in [6.07, 6.45) is 0. The van der Waals surface area contributed by atoms with Crippen LogP contribution < -0.4 is 14.8 Å². The molecule has 0 aliphatic carbocycles. The quantitative estimate of drug-likeness (QED) is 0.823. The van der Waals surface area contributed by atoms with Gasteiger partial charge in [-0.25, -0.2) is 0 Å². The average molecular weight is 294 g/mol. The minimum atomic E-state index is -0.218. The van der Waals surface area contributed by atoms with E-state index in [4.69, 9.17) is 9.47 Å². The van der Waals surface area contributed by atoms with Crippen LogP contribution in [0.5, 0.6) is 11.5 Å². The first-order chi connectivity index (χ1) is 10.1. The Balaban J connectivity index is 2.92. The van der Waals surface area contributed by atoms with Gasteiger partial charge >= 0.3 is 0 Å². The molecule has 1 aromatic rings. The molecule has 0 heterocycles. The van der Waals surface area contributed by atoms with E-state index < -0.39 is 0 Å². The van der Waals surface area contributed by atoms with Crippen molar-refractivity contribution in [1.29, 1.82) is 0 Å². The number of likely N-dealkylation sites (N-methyl/N-ethyl adjacent to an activating group) is 2. The third kappa shape index (κ3) is 4.37. The van der Waals surface area contributed by atoms with Gasteiger partial charge in [-0.2, -0.15) is 0 Å². The molecule has 0 aromatic heterocycles. The van der Waals surface area contributed by atoms with Gasteiger partial charge in [0.15, 0.2) is 11.5 Å². The Labute approximate surface area is 125 Å². The van der Waals surface area contributed by atoms with E-state index in [9.17, 15) is 9.59 Å². The second kappa shape index (κ2) is 8.14. The fourth-order valence-electron chi connectivity index (χ4n) is 1.91. The molecule has 21 heavy (non-hydrogen) atoms. The minimum Gasteiger partial charge on any atom is -0.493 e. The Hall–Kier alpha value is -2.24. The molecule has 0 atom stereocenters. The molecule has 0 saturated carbocycles. The largest absolute Gasteiger partial charge is 0.493 e. The van der Waals surface area contributed by atoms with Crippen LogP contribution in [-0.2, 0) is 4.79 Å². The molecular weight excluding hydrogens is 272 g/mol. The zero-order valence-electron chi connectivity index (χ0n) is 12.9. The van der Waals surface area contributed by atoms with E-state index in [-0.39, 0.29) is 18.4 Å². The van der Waals surface area contributed by atoms with Gasteiger partial charge in [0.2, 0.25) is 5.91 Å². The topological polar surface area (TPSA) is 67.9 Å². The number of amides is 2. The summed E-state index contributed by atoms with van der Waals surface area (Å²) in [5.74, 6) is 0.649. The van der Waals surface area contributed by atoms with Gasteiger partial charge in [0, 0.05) is 18.7 Å². The van der Waals surface area contributed by atoms with Crippen LogP contribution in [-0.4, -0.2) is 50.6 Å². The Morgan fingerprint density at radius 2 is 1.81 bits per heavy atom. The van der Waals surface area contributed by atoms with Crippen molar-refractivity contribution in [3.8, 4) is 11.5 Å². The molecule has 0 aliphatic rings. The predicted octanol–water partition coefficient (Wildman–Crippen LogP) is 1.30. The number of ether oxygens (including phenoxy) is 2. The summed E-state index contributed by atoms with van der Waals surface area (Å²) < 4.78 is 10.3. The highest BCUT2D eigenvalue weighted by atomic mass is 16.5. The number of nitrogens with one attached hydrogen (secondary N) is 1. The van der Waals surface area contributed by atoms with Crippen LogP contribution in [0, 0.1) is 0 Å². The Kier molecular flexibility index (Phi) is 6.52. The summed E-state index contributed by atoms with van der Waals surface area (Å²) in [7, 11) is 3.05. The molecule has 2 amide bonds. The highest BCUT2D eigenvalue weighted by Gasteiger charge is 2.18. The van der Waals surface area contributed by atoms with Crippen molar-refractivity contribution in [2.24, 2.45) is 0 Å². The van der Waals surface area contributed by atoms with Gasteiger partial charge in [-0.05, 0) is 32.0 Å². The Morgan fingerprint density at radius 1 is 1.14 bits per heavy atom. The number of hydrogen-bond acceptors (Lipinski definition) is 4. The summed E-state index contributed by atoms with van der Waals surface area (Å²) >= 11 is 0. The maximum Gasteiger partial charge on any atom is 0.254 e. The highest BCUT2D eigenvalue weighted by molar-refractivity contribution is 5.97. The van der Waals surface area contributed by atoms with Gasteiger partial charge in [-0.1, -0.05) is 0 Å². The van der Waals surface area contributed by atoms with Crippen LogP contribution in [0.25, 0.3) is 0 Å². The standard InChI is InChI=1S/C15H22N2O4/c1-5-16-14(18)10-17(6-2)15(19)11-7-8-12(20-3)13(9-11)21-4/h7-9H,5-6,10H2,1-4H3,(H,16,18). The third-order valence-electron chi connectivity index (χ3n) is 3.01. The van der Waals surface area contributed by atoms with E-state index >= 15 is 0 Å². The average Bonchev–Trinajstić information content (AvgIpc) is 2.51. The first kappa shape index (κ1) is 16.8. The lowest BCUT2D eigenvalue weighted by Crippen LogP contribution is -2.40. The zero-order valence-corrected chi connectivity index (χ0v) is 12.9. The zero-order chi connectivity index (χ0) is 15.8. The summed E-state index contributed by atoms with van der Waals surface area (Å²) in [5.41, 5.74) is 0.457. The molecule has 1 rings (SSSR count). The van der Waals surface area contributed by atoms with Crippen LogP contribution in [0.3, 0.4) is 0 Å². The number of carbonyl (C=O) groups excluding carboxylic acids is 2. The molecule has 6 nitrogen and oxygen atoms in total. The molecule has 6 heteroatoms. The van der Waals surface area contributed by atoms with Gasteiger partial charge in [-0.15, -0.1) is 0 Å². The van der Waals surface area contributed by atoms with Gasteiger partial charge in [0.1, 0.15) is 0 Å². The summed E-state index contributed by atoms with van der Waals surface area (Å²) in [6, 6.07) is 4.94. The first-order valence-corrected chi connectivity index (χ1v) is 6.85. The molecule has 0 unspecified atom stereocenters. The number of methoxy groups -OCH3 is 2. The van der Waals surface area contributed by atoms with Crippen molar-refractivity contribution in [1.82, 2.24) is 10.2 Å². The lowest BCUT2D eigenvalue weighted by Gasteiger charge is -2.20. The molecule has 0 fully saturated rings. The van der Waals surface area contributed by atoms with Crippen LogP contribution in [0.1, 0.15) is 24.2 Å². The molecule has 0 aliphatic heterocycles. The van der Waals surface area contributed by atoms with Gasteiger partial charge in [-0.3, -0.25) is 9.59 Å². The lowest BCUT2D eigenvalue weighted by atomic mass is 10.1. The second-order valence-electron chi connectivity index (χ2n) is 4.34. The number of carbonyl (C=O) groups is 2. The van der Waals surface area contributed by atoms with E-state index in [0.29, 0.717) is 30.2 Å². The molecule has 0 saturated heterocycles. The van der Waals surface area contributed by atoms with Crippen molar-refractivity contribution >= 4 is 11.8 Å². The highest BCUT2D eigenvalue weighted by Crippen LogP contribution is 2.27. The second-order valence-corrected chi connectivity index (χ2v) is 4.34. The van der Waals surface area contributed by atoms with Crippen molar-refractivity contribution in [2.45, 2.75) is 13.8 Å². The Morgan fingerprint density at radius 3 is 2.33 bits per heavy atom. The molecule has 1 N–H and O–H groups in total. The van der Waals surface area contributed by atoms with Crippen LogP contribution in [0.2, 0.25) is 0 Å². The maximum atomic E-state index is 12.4. The third-order valence-corrected chi connectivity index (χ3v) is 3.01. The predicted molar refractivity (Wildman–Crippen MR) is 79.8 cm³/mol. The normalized spacial score (nSPS) is 9.90. The summed E-state index contributed by atoms with van der Waals surface area (Å²) in [5, 5.41) is 2.68. The van der Waals surface area contributed by atoms with Gasteiger partial charge in [0.25, 0.3) is 5.91 Å². The fourth-order valence-corrected chi connectivity index (χ4v) is 1.91. The van der Waals surface area contributed by atoms with Crippen LogP contribution in [0.4, 0.5) is 0 Å². The van der Waals surface area contributed by atoms with Crippen molar-refractivity contribution in [3.05, 3.63) is 23.8 Å². The SMILES string of the molecule is CCNC(=O)CN(CC)C(=O)c1ccc(OC)c(OC)c1. The first-order valence-electron chi connectivity index (χ1n) is 6.85. The van der Waals surface area contributed by atoms with Gasteiger partial charge < -0.3 is 19.7 Å². The lowest BCUT2D eigenvalue weighted by molar-refractivity contribution is -0.121. The van der Waals surface area contributed by atoms with Crippen molar-refractivity contribution in [3.63, 3.8) is 0 Å². The van der Waals surface area contributed by atoms with Crippen molar-refractivity contribution in [2.75, 3.05) is 33.9 Å². The Bertz CT molecular complexity index is 502. The number of nitrogens with zero attached hydrogens (tertiary/aromatic N) is 1. The fraction of sp³-hybridized carbons (Fsp3) is 0.467. The smallest absolute Gasteiger partial charge is 0.254 e. The molecule has 0 bridgehead atoms. The van der Waals surface area contributed by atoms with E-state index in [2.05, 4.69) is 5.32 Å². The van der Waals surface area contributed by atoms with Crippen LogP contribution >= 0.6 is 0 Å². The van der Waals surface area contributed by atoms with E-state index in [0.717, 1.165) is 0 Å². The van der Waals surface area contributed by atoms with E-state index in [1.807, 2.05) is 13.8 Å².